The van der Waals surface area contributed by atoms with Crippen LogP contribution in [-0.2, 0) is 0 Å². The zero-order valence-electron chi connectivity index (χ0n) is 17.7. The highest BCUT2D eigenvalue weighted by Gasteiger charge is 2.28. The third-order valence-electron chi connectivity index (χ3n) is 5.79. The van der Waals surface area contributed by atoms with E-state index in [2.05, 4.69) is 82.2 Å². The third kappa shape index (κ3) is 3.45. The molecule has 2 atom stereocenters. The number of hydrogen-bond acceptors (Lipinski definition) is 8. The minimum Gasteiger partial charge on any atom is -0.271 e. The van der Waals surface area contributed by atoms with Crippen molar-refractivity contribution in [1.82, 2.24) is 9.97 Å². The van der Waals surface area contributed by atoms with Gasteiger partial charge in [0.25, 0.3) is 0 Å². The number of aromatic nitrogens is 2. The number of nitrogens with zero attached hydrogens (tertiary/aromatic N) is 4. The number of rotatable bonds is 4. The molecule has 0 radical (unpaired) electrons. The Hall–Kier alpha value is -3.04. The summed E-state index contributed by atoms with van der Waals surface area (Å²) in [6.07, 6.45) is 0. The maximum absolute atomic E-state index is 5.20. The predicted molar refractivity (Wildman–Crippen MR) is 143 cm³/mol. The lowest BCUT2D eigenvalue weighted by molar-refractivity contribution is 0.551. The van der Waals surface area contributed by atoms with E-state index >= 15 is 0 Å². The summed E-state index contributed by atoms with van der Waals surface area (Å²) >= 11 is 6.84. The SMILES string of the molecule is c1csc(-c2nc3cc4c(cc3nc2-c2cccs2)=NC(c2cccs2)C(c2cccs2)N=4)c1. The number of thiophene rings is 4. The number of benzene rings is 1. The van der Waals surface area contributed by atoms with Crippen molar-refractivity contribution < 1.29 is 0 Å². The predicted octanol–water partition coefficient (Wildman–Crippen LogP) is 6.95. The molecule has 1 aliphatic rings. The second-order valence-corrected chi connectivity index (χ2v) is 11.7. The fourth-order valence-corrected chi connectivity index (χ4v) is 7.27. The van der Waals surface area contributed by atoms with E-state index in [4.69, 9.17) is 20.0 Å². The van der Waals surface area contributed by atoms with Crippen LogP contribution in [0.15, 0.2) is 92.2 Å². The standard InChI is InChI=1S/C26H16N4S4/c1-5-19(31-9-1)23-24(20-6-2-10-32-20)28-16-14-18-17(13-15(16)27-23)29-25(21-7-3-11-33-21)26(30-18)22-8-4-12-34-22/h1-14,23-24H. The van der Waals surface area contributed by atoms with Crippen molar-refractivity contribution in [3.05, 3.63) is 103 Å². The maximum atomic E-state index is 5.20. The first-order chi connectivity index (χ1) is 16.8. The van der Waals surface area contributed by atoms with E-state index in [-0.39, 0.29) is 12.1 Å². The smallest absolute Gasteiger partial charge is 0.112 e. The van der Waals surface area contributed by atoms with Crippen molar-refractivity contribution in [2.24, 2.45) is 9.98 Å². The molecular formula is C26H16N4S4. The molecule has 2 unspecified atom stereocenters. The van der Waals surface area contributed by atoms with Gasteiger partial charge >= 0.3 is 0 Å². The number of fused-ring (bicyclic) bond motifs is 2. The highest BCUT2D eigenvalue weighted by atomic mass is 32.1. The molecule has 34 heavy (non-hydrogen) atoms. The molecule has 1 aliphatic heterocycles. The van der Waals surface area contributed by atoms with E-state index in [1.165, 1.54) is 9.75 Å². The molecular weight excluding hydrogens is 497 g/mol. The molecule has 6 aromatic rings. The molecule has 0 saturated heterocycles. The first-order valence-electron chi connectivity index (χ1n) is 10.8. The Morgan fingerprint density at radius 1 is 0.529 bits per heavy atom. The zero-order chi connectivity index (χ0) is 22.5. The van der Waals surface area contributed by atoms with Crippen LogP contribution in [0, 0.1) is 0 Å². The average molecular weight is 513 g/mol. The van der Waals surface area contributed by atoms with Crippen LogP contribution in [0.2, 0.25) is 0 Å². The van der Waals surface area contributed by atoms with Crippen molar-refractivity contribution in [3.63, 3.8) is 0 Å². The van der Waals surface area contributed by atoms with E-state index in [0.717, 1.165) is 42.9 Å². The van der Waals surface area contributed by atoms with Gasteiger partial charge in [-0.1, -0.05) is 24.3 Å². The lowest BCUT2D eigenvalue weighted by Gasteiger charge is -2.22. The fraction of sp³-hybridized carbons (Fsp3) is 0.0769. The monoisotopic (exact) mass is 512 g/mol. The van der Waals surface area contributed by atoms with Crippen molar-refractivity contribution in [3.8, 4) is 21.1 Å². The van der Waals surface area contributed by atoms with E-state index in [1.807, 2.05) is 0 Å². The van der Waals surface area contributed by atoms with Crippen molar-refractivity contribution in [1.29, 1.82) is 0 Å². The van der Waals surface area contributed by atoms with Gasteiger partial charge in [-0.15, -0.1) is 45.3 Å². The summed E-state index contributed by atoms with van der Waals surface area (Å²) in [7, 11) is 0. The van der Waals surface area contributed by atoms with E-state index < -0.39 is 0 Å². The number of hydrogen-bond donors (Lipinski definition) is 0. The second kappa shape index (κ2) is 8.32. The van der Waals surface area contributed by atoms with E-state index in [9.17, 15) is 0 Å². The van der Waals surface area contributed by atoms with Gasteiger partial charge in [-0.3, -0.25) is 9.98 Å². The molecule has 164 valence electrons. The minimum atomic E-state index is -0.0290. The summed E-state index contributed by atoms with van der Waals surface area (Å²) in [5.41, 5.74) is 3.54. The van der Waals surface area contributed by atoms with Crippen LogP contribution in [0.3, 0.4) is 0 Å². The summed E-state index contributed by atoms with van der Waals surface area (Å²) in [5.74, 6) is 0. The molecule has 8 heteroatoms. The third-order valence-corrected chi connectivity index (χ3v) is 9.43. The highest BCUT2D eigenvalue weighted by Crippen LogP contribution is 2.40. The molecule has 6 heterocycles. The topological polar surface area (TPSA) is 50.5 Å². The van der Waals surface area contributed by atoms with E-state index in [0.29, 0.717) is 0 Å². The Labute approximate surface area is 211 Å². The zero-order valence-corrected chi connectivity index (χ0v) is 20.9. The average Bonchev–Trinajstić information content (AvgIpc) is 3.68. The molecule has 0 aliphatic carbocycles. The molecule has 0 N–H and O–H groups in total. The maximum Gasteiger partial charge on any atom is 0.112 e. The molecule has 4 nitrogen and oxygen atoms in total. The van der Waals surface area contributed by atoms with Gasteiger partial charge in [-0.25, -0.2) is 9.97 Å². The summed E-state index contributed by atoms with van der Waals surface area (Å²) in [6.45, 7) is 0. The van der Waals surface area contributed by atoms with Gasteiger partial charge in [-0.2, -0.15) is 0 Å². The van der Waals surface area contributed by atoms with Crippen LogP contribution < -0.4 is 10.7 Å². The second-order valence-electron chi connectivity index (χ2n) is 7.88. The van der Waals surface area contributed by atoms with Gasteiger partial charge in [0.15, 0.2) is 0 Å². The van der Waals surface area contributed by atoms with Crippen LogP contribution in [0.25, 0.3) is 32.2 Å². The first kappa shape index (κ1) is 20.3. The van der Waals surface area contributed by atoms with E-state index in [1.54, 1.807) is 45.3 Å². The minimum absolute atomic E-state index is 0.0290. The van der Waals surface area contributed by atoms with Gasteiger partial charge in [0.05, 0.1) is 31.5 Å². The molecule has 0 spiro atoms. The molecule has 1 aromatic carbocycles. The van der Waals surface area contributed by atoms with Gasteiger partial charge in [-0.05, 0) is 57.9 Å². The van der Waals surface area contributed by atoms with Crippen LogP contribution in [0.1, 0.15) is 21.8 Å². The van der Waals surface area contributed by atoms with Gasteiger partial charge in [0.1, 0.15) is 23.5 Å². The highest BCUT2D eigenvalue weighted by molar-refractivity contribution is 7.14. The Morgan fingerprint density at radius 2 is 0.971 bits per heavy atom. The molecule has 7 rings (SSSR count). The Kier molecular flexibility index (Phi) is 4.98. The largest absolute Gasteiger partial charge is 0.271 e. The fourth-order valence-electron chi connectivity index (χ4n) is 4.26. The van der Waals surface area contributed by atoms with Gasteiger partial charge in [0, 0.05) is 9.75 Å². The summed E-state index contributed by atoms with van der Waals surface area (Å²) < 4.78 is 0. The van der Waals surface area contributed by atoms with Crippen LogP contribution in [0.5, 0.6) is 0 Å². The molecule has 0 fully saturated rings. The van der Waals surface area contributed by atoms with Crippen LogP contribution in [-0.4, -0.2) is 9.97 Å². The lowest BCUT2D eigenvalue weighted by Crippen LogP contribution is -2.32. The van der Waals surface area contributed by atoms with Gasteiger partial charge in [0.2, 0.25) is 0 Å². The lowest BCUT2D eigenvalue weighted by atomic mass is 10.0. The summed E-state index contributed by atoms with van der Waals surface area (Å²) in [5, 5.41) is 10.1. The summed E-state index contributed by atoms with van der Waals surface area (Å²) in [6, 6.07) is 20.9. The van der Waals surface area contributed by atoms with Gasteiger partial charge < -0.3 is 0 Å². The normalized spacial score (nSPS) is 17.3. The molecule has 0 saturated carbocycles. The Bertz CT molecular complexity index is 1570. The van der Waals surface area contributed by atoms with Crippen LogP contribution in [0.4, 0.5) is 0 Å². The Balaban J connectivity index is 1.48. The van der Waals surface area contributed by atoms with Crippen molar-refractivity contribution in [2.45, 2.75) is 12.1 Å². The summed E-state index contributed by atoms with van der Waals surface area (Å²) in [4.78, 5) is 25.3. The van der Waals surface area contributed by atoms with Crippen LogP contribution >= 0.6 is 45.3 Å². The van der Waals surface area contributed by atoms with Crippen molar-refractivity contribution in [2.75, 3.05) is 0 Å². The molecule has 0 bridgehead atoms. The Morgan fingerprint density at radius 3 is 1.35 bits per heavy atom. The molecule has 5 aromatic heterocycles. The first-order valence-corrected chi connectivity index (χ1v) is 14.3. The van der Waals surface area contributed by atoms with Crippen molar-refractivity contribution >= 4 is 56.4 Å². The molecule has 0 amide bonds. The quantitative estimate of drug-likeness (QED) is 0.257.